The highest BCUT2D eigenvalue weighted by atomic mass is 16.6. The van der Waals surface area contributed by atoms with Gasteiger partial charge in [-0.05, 0) is 71.2 Å². The molecule has 0 saturated carbocycles. The van der Waals surface area contributed by atoms with Crippen molar-refractivity contribution in [2.45, 2.75) is 59.2 Å². The standard InChI is InChI=1S/C24H29NO6/c1-14-11-17-15(2)19(26)23(6,20(27)24(17,29)13-30-14)12-16-9-7-8-10-18(16)25-21(28)31-22(3,4)5/h7-11,29H,12-13H2,1-6H3,(H,25,28). The number of hydrogen-bond acceptors (Lipinski definition) is 6. The average Bonchev–Trinajstić information content (AvgIpc) is 2.67. The SMILES string of the molecule is CC1=CC2=C(C)C(=O)C(C)(Cc3ccccc3NC(=O)OC(C)(C)C)C(=O)C2(O)CO1. The minimum atomic E-state index is -1.89. The molecule has 166 valence electrons. The molecule has 0 fully saturated rings. The molecule has 31 heavy (non-hydrogen) atoms. The number of hydrogen-bond donors (Lipinski definition) is 2. The molecular formula is C24H29NO6. The summed E-state index contributed by atoms with van der Waals surface area (Å²) in [4.78, 5) is 39.0. The summed E-state index contributed by atoms with van der Waals surface area (Å²) >= 11 is 0. The Kier molecular flexibility index (Phi) is 5.61. The number of benzene rings is 1. The maximum atomic E-state index is 13.5. The second kappa shape index (κ2) is 7.64. The number of allylic oxidation sites excluding steroid dienone is 2. The van der Waals surface area contributed by atoms with Gasteiger partial charge in [0.2, 0.25) is 0 Å². The highest BCUT2D eigenvalue weighted by Crippen LogP contribution is 2.44. The molecule has 0 bridgehead atoms. The molecule has 7 nitrogen and oxygen atoms in total. The van der Waals surface area contributed by atoms with E-state index in [0.717, 1.165) is 0 Å². The smallest absolute Gasteiger partial charge is 0.412 e. The molecule has 0 radical (unpaired) electrons. The number of carbonyl (C=O) groups is 3. The van der Waals surface area contributed by atoms with E-state index < -0.39 is 28.5 Å². The van der Waals surface area contributed by atoms with Gasteiger partial charge >= 0.3 is 6.09 Å². The lowest BCUT2D eigenvalue weighted by atomic mass is 9.61. The van der Waals surface area contributed by atoms with Gasteiger partial charge in [-0.1, -0.05) is 18.2 Å². The summed E-state index contributed by atoms with van der Waals surface area (Å²) in [5, 5.41) is 13.9. The number of ether oxygens (including phenoxy) is 2. The van der Waals surface area contributed by atoms with Crippen molar-refractivity contribution >= 4 is 23.3 Å². The zero-order chi connectivity index (χ0) is 23.2. The van der Waals surface area contributed by atoms with Crippen LogP contribution in [0.3, 0.4) is 0 Å². The molecule has 1 heterocycles. The van der Waals surface area contributed by atoms with Crippen LogP contribution < -0.4 is 5.32 Å². The summed E-state index contributed by atoms with van der Waals surface area (Å²) in [7, 11) is 0. The summed E-state index contributed by atoms with van der Waals surface area (Å²) in [6.45, 7) is 9.90. The Morgan fingerprint density at radius 3 is 2.52 bits per heavy atom. The maximum Gasteiger partial charge on any atom is 0.412 e. The van der Waals surface area contributed by atoms with Crippen molar-refractivity contribution in [3.63, 3.8) is 0 Å². The molecule has 2 aliphatic rings. The van der Waals surface area contributed by atoms with Gasteiger partial charge in [0.05, 0.1) is 11.2 Å². The lowest BCUT2D eigenvalue weighted by molar-refractivity contribution is -0.155. The van der Waals surface area contributed by atoms with Crippen molar-refractivity contribution in [2.24, 2.45) is 5.41 Å². The number of nitrogens with one attached hydrogen (secondary N) is 1. The Morgan fingerprint density at radius 1 is 1.23 bits per heavy atom. The number of Topliss-reactive ketones (excluding diaryl/α,β-unsaturated/α-hetero) is 2. The van der Waals surface area contributed by atoms with Crippen LogP contribution in [0.2, 0.25) is 0 Å². The molecule has 7 heteroatoms. The van der Waals surface area contributed by atoms with Crippen molar-refractivity contribution in [1.29, 1.82) is 0 Å². The number of carbonyl (C=O) groups excluding carboxylic acids is 3. The van der Waals surface area contributed by atoms with E-state index in [4.69, 9.17) is 9.47 Å². The predicted octanol–water partition coefficient (Wildman–Crippen LogP) is 3.72. The van der Waals surface area contributed by atoms with Crippen LogP contribution in [0.5, 0.6) is 0 Å². The topological polar surface area (TPSA) is 102 Å². The van der Waals surface area contributed by atoms with E-state index in [0.29, 0.717) is 28.2 Å². The van der Waals surface area contributed by atoms with Gasteiger partial charge in [0.15, 0.2) is 17.2 Å². The molecule has 0 spiro atoms. The van der Waals surface area contributed by atoms with Crippen molar-refractivity contribution < 1.29 is 29.0 Å². The fourth-order valence-corrected chi connectivity index (χ4v) is 4.11. The molecule has 0 saturated heterocycles. The highest BCUT2D eigenvalue weighted by Gasteiger charge is 2.58. The van der Waals surface area contributed by atoms with Gasteiger partial charge in [-0.15, -0.1) is 0 Å². The van der Waals surface area contributed by atoms with E-state index in [1.807, 2.05) is 0 Å². The van der Waals surface area contributed by atoms with Crippen molar-refractivity contribution in [1.82, 2.24) is 0 Å². The number of fused-ring (bicyclic) bond motifs is 1. The molecular weight excluding hydrogens is 398 g/mol. The Balaban J connectivity index is 1.98. The lowest BCUT2D eigenvalue weighted by Crippen LogP contribution is -2.60. The first-order valence-electron chi connectivity index (χ1n) is 10.2. The summed E-state index contributed by atoms with van der Waals surface area (Å²) in [5.41, 5.74) is -2.42. The van der Waals surface area contributed by atoms with Gasteiger partial charge in [0.1, 0.15) is 12.2 Å². The van der Waals surface area contributed by atoms with Gasteiger partial charge in [-0.3, -0.25) is 14.9 Å². The van der Waals surface area contributed by atoms with E-state index in [-0.39, 0.29) is 18.8 Å². The molecule has 1 aliphatic heterocycles. The Morgan fingerprint density at radius 2 is 1.87 bits per heavy atom. The number of amides is 1. The fraction of sp³-hybridized carbons (Fsp3) is 0.458. The Bertz CT molecular complexity index is 1020. The molecule has 1 aliphatic carbocycles. The van der Waals surface area contributed by atoms with Gasteiger partial charge < -0.3 is 14.6 Å². The van der Waals surface area contributed by atoms with Crippen molar-refractivity contribution in [3.05, 3.63) is 52.8 Å². The molecule has 1 aromatic rings. The number of ketones is 2. The van der Waals surface area contributed by atoms with E-state index >= 15 is 0 Å². The second-order valence-electron chi connectivity index (χ2n) is 9.39. The highest BCUT2D eigenvalue weighted by molar-refractivity contribution is 6.21. The van der Waals surface area contributed by atoms with Crippen LogP contribution in [0, 0.1) is 5.41 Å². The van der Waals surface area contributed by atoms with Gasteiger partial charge in [-0.2, -0.15) is 0 Å². The van der Waals surface area contributed by atoms with Gasteiger partial charge in [0.25, 0.3) is 0 Å². The minimum Gasteiger partial charge on any atom is -0.494 e. The first-order valence-corrected chi connectivity index (χ1v) is 10.2. The summed E-state index contributed by atoms with van der Waals surface area (Å²) in [6.07, 6.45) is 0.919. The number of para-hydroxylation sites is 1. The maximum absolute atomic E-state index is 13.5. The average molecular weight is 427 g/mol. The Hall–Kier alpha value is -2.93. The zero-order valence-corrected chi connectivity index (χ0v) is 18.8. The third-order valence-electron chi connectivity index (χ3n) is 5.62. The van der Waals surface area contributed by atoms with E-state index in [1.165, 1.54) is 6.92 Å². The number of rotatable bonds is 3. The van der Waals surface area contributed by atoms with Crippen LogP contribution in [0.25, 0.3) is 0 Å². The normalized spacial score (nSPS) is 26.1. The third kappa shape index (κ3) is 4.14. The van der Waals surface area contributed by atoms with Crippen LogP contribution in [0.15, 0.2) is 47.2 Å². The van der Waals surface area contributed by atoms with Crippen molar-refractivity contribution in [2.75, 3.05) is 11.9 Å². The number of anilines is 1. The van der Waals surface area contributed by atoms with Gasteiger partial charge in [0, 0.05) is 11.3 Å². The largest absolute Gasteiger partial charge is 0.494 e. The molecule has 0 aromatic heterocycles. The van der Waals surface area contributed by atoms with E-state index in [1.54, 1.807) is 65.0 Å². The molecule has 3 rings (SSSR count). The molecule has 1 amide bonds. The summed E-state index contributed by atoms with van der Waals surface area (Å²) in [6, 6.07) is 6.91. The van der Waals surface area contributed by atoms with Crippen LogP contribution in [0.4, 0.5) is 10.5 Å². The number of aliphatic hydroxyl groups is 1. The van der Waals surface area contributed by atoms with E-state index in [2.05, 4.69) is 5.32 Å². The zero-order valence-electron chi connectivity index (χ0n) is 18.8. The Labute approximate surface area is 182 Å². The van der Waals surface area contributed by atoms with Gasteiger partial charge in [-0.25, -0.2) is 4.79 Å². The second-order valence-corrected chi connectivity index (χ2v) is 9.39. The monoisotopic (exact) mass is 427 g/mol. The first-order chi connectivity index (χ1) is 14.3. The summed E-state index contributed by atoms with van der Waals surface area (Å²) in [5.74, 6) is -0.424. The molecule has 2 atom stereocenters. The van der Waals surface area contributed by atoms with Crippen LogP contribution in [-0.4, -0.2) is 40.6 Å². The lowest BCUT2D eigenvalue weighted by Gasteiger charge is -2.43. The van der Waals surface area contributed by atoms with Crippen LogP contribution in [0.1, 0.15) is 47.1 Å². The first kappa shape index (κ1) is 22.7. The quantitative estimate of drug-likeness (QED) is 0.713. The van der Waals surface area contributed by atoms with E-state index in [9.17, 15) is 19.5 Å². The molecule has 1 aromatic carbocycles. The van der Waals surface area contributed by atoms with Crippen LogP contribution in [-0.2, 0) is 25.5 Å². The third-order valence-corrected chi connectivity index (χ3v) is 5.62. The predicted molar refractivity (Wildman–Crippen MR) is 115 cm³/mol. The van der Waals surface area contributed by atoms with Crippen LogP contribution >= 0.6 is 0 Å². The van der Waals surface area contributed by atoms with Crippen molar-refractivity contribution in [3.8, 4) is 0 Å². The molecule has 2 N–H and O–H groups in total. The minimum absolute atomic E-state index is 0.00621. The summed E-state index contributed by atoms with van der Waals surface area (Å²) < 4.78 is 10.8. The molecule has 2 unspecified atom stereocenters. The fourth-order valence-electron chi connectivity index (χ4n) is 4.11.